The number of fused-ring (bicyclic) bond motifs is 1. The molecule has 140 valence electrons. The summed E-state index contributed by atoms with van der Waals surface area (Å²) < 4.78 is 7.19. The van der Waals surface area contributed by atoms with Crippen LogP contribution in [0.1, 0.15) is 12.5 Å². The number of halogens is 2. The van der Waals surface area contributed by atoms with E-state index in [0.29, 0.717) is 26.5 Å². The van der Waals surface area contributed by atoms with E-state index in [1.165, 1.54) is 4.57 Å². The van der Waals surface area contributed by atoms with E-state index in [1.54, 1.807) is 49.4 Å². The molecule has 0 saturated carbocycles. The molecule has 0 fully saturated rings. The van der Waals surface area contributed by atoms with Crippen LogP contribution < -0.4 is 11.2 Å². The fourth-order valence-electron chi connectivity index (χ4n) is 2.84. The first-order valence-corrected chi connectivity index (χ1v) is 9.00. The maximum absolute atomic E-state index is 13.0. The van der Waals surface area contributed by atoms with E-state index >= 15 is 0 Å². The predicted octanol–water partition coefficient (Wildman–Crippen LogP) is 3.08. The van der Waals surface area contributed by atoms with Crippen LogP contribution in [0.5, 0.6) is 0 Å². The Bertz CT molecular complexity index is 1110. The van der Waals surface area contributed by atoms with E-state index in [9.17, 15) is 14.4 Å². The summed E-state index contributed by atoms with van der Waals surface area (Å²) in [6.45, 7) is 1.47. The highest BCUT2D eigenvalue weighted by Crippen LogP contribution is 2.24. The van der Waals surface area contributed by atoms with Crippen molar-refractivity contribution in [3.8, 4) is 0 Å². The largest absolute Gasteiger partial charge is 0.465 e. The fraction of sp³-hybridized carbons (Fsp3) is 0.211. The second kappa shape index (κ2) is 7.98. The highest BCUT2D eigenvalue weighted by molar-refractivity contribution is 6.35. The van der Waals surface area contributed by atoms with E-state index in [-0.39, 0.29) is 19.7 Å². The van der Waals surface area contributed by atoms with E-state index in [4.69, 9.17) is 27.9 Å². The van der Waals surface area contributed by atoms with Gasteiger partial charge in [0.15, 0.2) is 0 Å². The lowest BCUT2D eigenvalue weighted by atomic mass is 10.2. The number of para-hydroxylation sites is 1. The number of carbonyl (C=O) groups is 1. The van der Waals surface area contributed by atoms with Crippen molar-refractivity contribution < 1.29 is 9.53 Å². The van der Waals surface area contributed by atoms with E-state index in [0.717, 1.165) is 4.57 Å². The summed E-state index contributed by atoms with van der Waals surface area (Å²) in [6.07, 6.45) is 0. The van der Waals surface area contributed by atoms with Crippen LogP contribution >= 0.6 is 23.2 Å². The van der Waals surface area contributed by atoms with Crippen molar-refractivity contribution in [3.05, 3.63) is 78.9 Å². The molecule has 6 nitrogen and oxygen atoms in total. The van der Waals surface area contributed by atoms with Gasteiger partial charge >= 0.3 is 11.7 Å². The molecule has 27 heavy (non-hydrogen) atoms. The fourth-order valence-corrected chi connectivity index (χ4v) is 3.36. The third-order valence-corrected chi connectivity index (χ3v) is 4.81. The summed E-state index contributed by atoms with van der Waals surface area (Å²) in [4.78, 5) is 37.8. The molecule has 2 aromatic carbocycles. The smallest absolute Gasteiger partial charge is 0.332 e. The number of nitrogens with zero attached hydrogens (tertiary/aromatic N) is 2. The van der Waals surface area contributed by atoms with Crippen LogP contribution in [0.25, 0.3) is 10.9 Å². The van der Waals surface area contributed by atoms with E-state index in [2.05, 4.69) is 0 Å². The SMILES string of the molecule is CCOC(=O)Cn1c(=O)n(Cc2c(Cl)cccc2Cl)c(=O)c2ccccc21. The summed E-state index contributed by atoms with van der Waals surface area (Å²) in [5.74, 6) is -0.564. The van der Waals surface area contributed by atoms with Gasteiger partial charge in [0.2, 0.25) is 0 Å². The minimum Gasteiger partial charge on any atom is -0.465 e. The third-order valence-electron chi connectivity index (χ3n) is 4.10. The highest BCUT2D eigenvalue weighted by Gasteiger charge is 2.17. The Labute approximate surface area is 164 Å². The van der Waals surface area contributed by atoms with Gasteiger partial charge in [0.05, 0.1) is 24.1 Å². The molecule has 8 heteroatoms. The predicted molar refractivity (Wildman–Crippen MR) is 105 cm³/mol. The monoisotopic (exact) mass is 406 g/mol. The zero-order valence-electron chi connectivity index (χ0n) is 14.4. The number of hydrogen-bond donors (Lipinski definition) is 0. The van der Waals surface area contributed by atoms with Crippen molar-refractivity contribution in [2.45, 2.75) is 20.0 Å². The summed E-state index contributed by atoms with van der Waals surface area (Å²) >= 11 is 12.4. The standard InChI is InChI=1S/C19H16Cl2N2O4/c1-2-27-17(24)11-22-16-9-4-3-6-12(16)18(25)23(19(22)26)10-13-14(20)7-5-8-15(13)21/h3-9H,2,10-11H2,1H3. The lowest BCUT2D eigenvalue weighted by molar-refractivity contribution is -0.143. The highest BCUT2D eigenvalue weighted by atomic mass is 35.5. The molecule has 1 heterocycles. The Hall–Kier alpha value is -2.57. The van der Waals surface area contributed by atoms with Gasteiger partial charge in [-0.2, -0.15) is 0 Å². The van der Waals surface area contributed by atoms with Crippen LogP contribution in [0.3, 0.4) is 0 Å². The number of hydrogen-bond acceptors (Lipinski definition) is 4. The number of aromatic nitrogens is 2. The molecule has 3 rings (SSSR count). The average Bonchev–Trinajstić information content (AvgIpc) is 2.64. The van der Waals surface area contributed by atoms with Gasteiger partial charge in [0.1, 0.15) is 6.54 Å². The molecule has 1 aromatic heterocycles. The van der Waals surface area contributed by atoms with Crippen molar-refractivity contribution in [1.82, 2.24) is 9.13 Å². The quantitative estimate of drug-likeness (QED) is 0.610. The zero-order valence-corrected chi connectivity index (χ0v) is 16.0. The first-order chi connectivity index (χ1) is 12.9. The molecule has 0 aliphatic carbocycles. The minimum absolute atomic E-state index is 0.107. The average molecular weight is 407 g/mol. The summed E-state index contributed by atoms with van der Waals surface area (Å²) in [5.41, 5.74) is -0.297. The first-order valence-electron chi connectivity index (χ1n) is 8.25. The Morgan fingerprint density at radius 2 is 1.67 bits per heavy atom. The zero-order chi connectivity index (χ0) is 19.6. The van der Waals surface area contributed by atoms with Gasteiger partial charge in [-0.15, -0.1) is 0 Å². The molecule has 0 unspecified atom stereocenters. The first kappa shape index (κ1) is 19.2. The Morgan fingerprint density at radius 3 is 2.33 bits per heavy atom. The van der Waals surface area contributed by atoms with Crippen molar-refractivity contribution in [2.75, 3.05) is 6.61 Å². The molecule has 0 N–H and O–H groups in total. The van der Waals surface area contributed by atoms with Gasteiger partial charge in [0, 0.05) is 15.6 Å². The maximum Gasteiger partial charge on any atom is 0.332 e. The van der Waals surface area contributed by atoms with Crippen LogP contribution in [-0.4, -0.2) is 21.7 Å². The number of ether oxygens (including phenoxy) is 1. The maximum atomic E-state index is 13.0. The number of carbonyl (C=O) groups excluding carboxylic acids is 1. The van der Waals surface area contributed by atoms with Gasteiger partial charge in [0.25, 0.3) is 5.56 Å². The lowest BCUT2D eigenvalue weighted by Gasteiger charge is -2.14. The molecule has 0 aliphatic heterocycles. The molecule has 0 saturated heterocycles. The number of rotatable bonds is 5. The second-order valence-electron chi connectivity index (χ2n) is 5.78. The Morgan fingerprint density at radius 1 is 1.00 bits per heavy atom. The molecule has 0 amide bonds. The second-order valence-corrected chi connectivity index (χ2v) is 6.60. The summed E-state index contributed by atoms with van der Waals surface area (Å²) in [5, 5.41) is 1.00. The molecular weight excluding hydrogens is 391 g/mol. The van der Waals surface area contributed by atoms with Gasteiger partial charge < -0.3 is 4.74 Å². The van der Waals surface area contributed by atoms with Gasteiger partial charge in [-0.3, -0.25) is 18.7 Å². The summed E-state index contributed by atoms with van der Waals surface area (Å²) in [7, 11) is 0. The van der Waals surface area contributed by atoms with Crippen LogP contribution in [0.4, 0.5) is 0 Å². The minimum atomic E-state index is -0.636. The molecule has 3 aromatic rings. The molecule has 0 radical (unpaired) electrons. The molecule has 0 spiro atoms. The third kappa shape index (κ3) is 3.77. The van der Waals surface area contributed by atoms with Crippen molar-refractivity contribution >= 4 is 40.1 Å². The Kier molecular flexibility index (Phi) is 5.68. The van der Waals surface area contributed by atoms with Crippen LogP contribution in [0, 0.1) is 0 Å². The topological polar surface area (TPSA) is 70.3 Å². The molecule has 0 atom stereocenters. The van der Waals surface area contributed by atoms with E-state index in [1.807, 2.05) is 0 Å². The van der Waals surface area contributed by atoms with Crippen LogP contribution in [0.15, 0.2) is 52.1 Å². The van der Waals surface area contributed by atoms with Crippen LogP contribution in [0.2, 0.25) is 10.0 Å². The van der Waals surface area contributed by atoms with Crippen molar-refractivity contribution in [1.29, 1.82) is 0 Å². The van der Waals surface area contributed by atoms with Gasteiger partial charge in [-0.05, 0) is 31.2 Å². The number of benzene rings is 2. The van der Waals surface area contributed by atoms with Crippen molar-refractivity contribution in [3.63, 3.8) is 0 Å². The molecule has 0 bridgehead atoms. The van der Waals surface area contributed by atoms with Crippen molar-refractivity contribution in [2.24, 2.45) is 0 Å². The molecule has 0 aliphatic rings. The number of esters is 1. The lowest BCUT2D eigenvalue weighted by Crippen LogP contribution is -2.41. The normalized spacial score (nSPS) is 10.9. The van der Waals surface area contributed by atoms with Gasteiger partial charge in [-0.25, -0.2) is 4.79 Å². The molecular formula is C19H16Cl2N2O4. The summed E-state index contributed by atoms with van der Waals surface area (Å²) in [6, 6.07) is 11.5. The van der Waals surface area contributed by atoms with E-state index < -0.39 is 17.2 Å². The van der Waals surface area contributed by atoms with Gasteiger partial charge in [-0.1, -0.05) is 41.4 Å². The van der Waals surface area contributed by atoms with Crippen LogP contribution in [-0.2, 0) is 22.6 Å². The Balaban J connectivity index is 2.23.